The van der Waals surface area contributed by atoms with Crippen molar-refractivity contribution < 1.29 is 9.59 Å². The highest BCUT2D eigenvalue weighted by molar-refractivity contribution is 6.05. The summed E-state index contributed by atoms with van der Waals surface area (Å²) in [7, 11) is 0. The van der Waals surface area contributed by atoms with Gasteiger partial charge >= 0.3 is 0 Å². The Kier molecular flexibility index (Phi) is 4.06. The van der Waals surface area contributed by atoms with Crippen molar-refractivity contribution in [1.29, 1.82) is 0 Å². The minimum absolute atomic E-state index is 0.286. The van der Waals surface area contributed by atoms with Crippen LogP contribution in [0.4, 0.5) is 0 Å². The Morgan fingerprint density at radius 1 is 0.731 bits per heavy atom. The Bertz CT molecular complexity index is 1010. The van der Waals surface area contributed by atoms with E-state index in [1.54, 1.807) is 0 Å². The van der Waals surface area contributed by atoms with Gasteiger partial charge in [-0.15, -0.1) is 0 Å². The fraction of sp³-hybridized carbons (Fsp3) is 0.111. The number of carbonyl (C=O) groups is 2. The summed E-state index contributed by atoms with van der Waals surface area (Å²) >= 11 is 0. The number of H-pyrrole nitrogens is 2. The number of rotatable bonds is 5. The Labute approximate surface area is 148 Å². The number of benzene rings is 2. The first-order chi connectivity index (χ1) is 12.7. The molecule has 4 aromatic rings. The Balaban J connectivity index is 1.33. The Morgan fingerprint density at radius 3 is 1.62 bits per heavy atom. The van der Waals surface area contributed by atoms with Crippen LogP contribution in [0.5, 0.6) is 0 Å². The first-order valence-corrected chi connectivity index (χ1v) is 8.16. The zero-order valence-electron chi connectivity index (χ0n) is 13.7. The van der Waals surface area contributed by atoms with E-state index in [1.807, 2.05) is 48.5 Å². The van der Waals surface area contributed by atoms with Crippen molar-refractivity contribution in [1.82, 2.24) is 31.0 Å². The predicted molar refractivity (Wildman–Crippen MR) is 96.9 cm³/mol. The second kappa shape index (κ2) is 6.67. The van der Waals surface area contributed by atoms with E-state index in [1.165, 1.54) is 0 Å². The Morgan fingerprint density at radius 2 is 1.15 bits per heavy atom. The van der Waals surface area contributed by atoms with Gasteiger partial charge in [-0.25, -0.2) is 0 Å². The van der Waals surface area contributed by atoms with Crippen LogP contribution in [0, 0.1) is 0 Å². The SMILES string of the molecule is O=C(NCCNC(=O)c1n[nH]c2ccccc12)c1n[nH]c2ccccc12. The molecule has 4 N–H and O–H groups in total. The second-order valence-electron chi connectivity index (χ2n) is 5.75. The number of carbonyl (C=O) groups excluding carboxylic acids is 2. The number of aromatic nitrogens is 4. The van der Waals surface area contributed by atoms with E-state index in [2.05, 4.69) is 31.0 Å². The fourth-order valence-electron chi connectivity index (χ4n) is 2.79. The number of fused-ring (bicyclic) bond motifs is 2. The number of aromatic amines is 2. The van der Waals surface area contributed by atoms with E-state index in [0.717, 1.165) is 21.8 Å². The van der Waals surface area contributed by atoms with Crippen molar-refractivity contribution in [2.24, 2.45) is 0 Å². The molecule has 0 radical (unpaired) electrons. The van der Waals surface area contributed by atoms with Crippen molar-refractivity contribution in [3.8, 4) is 0 Å². The molecule has 0 aliphatic rings. The van der Waals surface area contributed by atoms with Crippen LogP contribution in [0.15, 0.2) is 48.5 Å². The molecule has 0 aliphatic carbocycles. The molecule has 8 heteroatoms. The van der Waals surface area contributed by atoms with Crippen molar-refractivity contribution >= 4 is 33.6 Å². The van der Waals surface area contributed by atoms with Crippen molar-refractivity contribution in [2.45, 2.75) is 0 Å². The normalized spacial score (nSPS) is 10.9. The van der Waals surface area contributed by atoms with Crippen LogP contribution in [0.1, 0.15) is 21.0 Å². The van der Waals surface area contributed by atoms with Crippen LogP contribution in [0.3, 0.4) is 0 Å². The molecule has 0 saturated heterocycles. The topological polar surface area (TPSA) is 116 Å². The van der Waals surface area contributed by atoms with Gasteiger partial charge in [-0.2, -0.15) is 10.2 Å². The molecule has 0 unspecified atom stereocenters. The van der Waals surface area contributed by atoms with Gasteiger partial charge in [0, 0.05) is 23.9 Å². The van der Waals surface area contributed by atoms with Gasteiger partial charge in [0.1, 0.15) is 0 Å². The number of hydrogen-bond donors (Lipinski definition) is 4. The smallest absolute Gasteiger partial charge is 0.272 e. The van der Waals surface area contributed by atoms with Gasteiger partial charge in [-0.05, 0) is 12.1 Å². The summed E-state index contributed by atoms with van der Waals surface area (Å²) in [5, 5.41) is 20.8. The van der Waals surface area contributed by atoms with Gasteiger partial charge in [-0.1, -0.05) is 36.4 Å². The van der Waals surface area contributed by atoms with Crippen LogP contribution in [-0.4, -0.2) is 45.3 Å². The molecule has 0 saturated carbocycles. The van der Waals surface area contributed by atoms with E-state index in [-0.39, 0.29) is 24.9 Å². The van der Waals surface area contributed by atoms with Crippen molar-refractivity contribution in [3.63, 3.8) is 0 Å². The summed E-state index contributed by atoms with van der Waals surface area (Å²) in [6.45, 7) is 0.572. The van der Waals surface area contributed by atoms with Crippen LogP contribution in [-0.2, 0) is 0 Å². The van der Waals surface area contributed by atoms with Gasteiger partial charge in [0.05, 0.1) is 11.0 Å². The van der Waals surface area contributed by atoms with E-state index >= 15 is 0 Å². The van der Waals surface area contributed by atoms with E-state index in [4.69, 9.17) is 0 Å². The number of amides is 2. The van der Waals surface area contributed by atoms with Crippen LogP contribution >= 0.6 is 0 Å². The molecule has 0 bridgehead atoms. The molecule has 4 rings (SSSR count). The summed E-state index contributed by atoms with van der Waals surface area (Å²) in [5.41, 5.74) is 2.28. The standard InChI is InChI=1S/C18H16N6O2/c25-17(15-11-5-1-3-7-13(11)21-23-15)19-9-10-20-18(26)16-12-6-2-4-8-14(12)22-24-16/h1-8H,9-10H2,(H,19,25)(H,20,26)(H,21,23)(H,22,24). The molecule has 26 heavy (non-hydrogen) atoms. The van der Waals surface area contributed by atoms with Crippen LogP contribution in [0.25, 0.3) is 21.8 Å². The third kappa shape index (κ3) is 2.88. The van der Waals surface area contributed by atoms with Gasteiger partial charge in [0.25, 0.3) is 11.8 Å². The highest BCUT2D eigenvalue weighted by atomic mass is 16.2. The van der Waals surface area contributed by atoms with E-state index in [0.29, 0.717) is 11.4 Å². The number of para-hydroxylation sites is 2. The molecular formula is C18H16N6O2. The summed E-state index contributed by atoms with van der Waals surface area (Å²) < 4.78 is 0. The zero-order chi connectivity index (χ0) is 17.9. The maximum absolute atomic E-state index is 12.2. The monoisotopic (exact) mass is 348 g/mol. The highest BCUT2D eigenvalue weighted by Crippen LogP contribution is 2.15. The van der Waals surface area contributed by atoms with Gasteiger partial charge in [0.15, 0.2) is 11.4 Å². The van der Waals surface area contributed by atoms with E-state index in [9.17, 15) is 9.59 Å². The van der Waals surface area contributed by atoms with Crippen LogP contribution in [0.2, 0.25) is 0 Å². The van der Waals surface area contributed by atoms with Crippen LogP contribution < -0.4 is 10.6 Å². The summed E-state index contributed by atoms with van der Waals surface area (Å²) in [6.07, 6.45) is 0. The lowest BCUT2D eigenvalue weighted by Crippen LogP contribution is -2.35. The fourth-order valence-corrected chi connectivity index (χ4v) is 2.79. The molecule has 0 aliphatic heterocycles. The Hall–Kier alpha value is -3.68. The summed E-state index contributed by atoms with van der Waals surface area (Å²) in [4.78, 5) is 24.5. The van der Waals surface area contributed by atoms with Gasteiger partial charge in [0.2, 0.25) is 0 Å². The zero-order valence-corrected chi connectivity index (χ0v) is 13.7. The number of hydrogen-bond acceptors (Lipinski definition) is 4. The minimum Gasteiger partial charge on any atom is -0.349 e. The first kappa shape index (κ1) is 15.8. The van der Waals surface area contributed by atoms with Gasteiger partial charge < -0.3 is 10.6 Å². The molecule has 8 nitrogen and oxygen atoms in total. The second-order valence-corrected chi connectivity index (χ2v) is 5.75. The van der Waals surface area contributed by atoms with E-state index < -0.39 is 0 Å². The molecule has 2 aromatic carbocycles. The molecule has 2 aromatic heterocycles. The maximum atomic E-state index is 12.2. The third-order valence-electron chi connectivity index (χ3n) is 4.07. The third-order valence-corrected chi connectivity index (χ3v) is 4.07. The predicted octanol–water partition coefficient (Wildman–Crippen LogP) is 1.60. The average Bonchev–Trinajstić information content (AvgIpc) is 3.29. The largest absolute Gasteiger partial charge is 0.349 e. The highest BCUT2D eigenvalue weighted by Gasteiger charge is 2.15. The molecule has 0 atom stereocenters. The summed E-state index contributed by atoms with van der Waals surface area (Å²) in [6, 6.07) is 14.8. The number of nitrogens with zero attached hydrogens (tertiary/aromatic N) is 2. The molecule has 0 fully saturated rings. The van der Waals surface area contributed by atoms with Gasteiger partial charge in [-0.3, -0.25) is 19.8 Å². The quantitative estimate of drug-likeness (QED) is 0.410. The number of nitrogens with one attached hydrogen (secondary N) is 4. The lowest BCUT2D eigenvalue weighted by molar-refractivity contribution is 0.0924. The summed E-state index contributed by atoms with van der Waals surface area (Å²) in [5.74, 6) is -0.580. The molecular weight excluding hydrogens is 332 g/mol. The first-order valence-electron chi connectivity index (χ1n) is 8.16. The minimum atomic E-state index is -0.290. The maximum Gasteiger partial charge on any atom is 0.272 e. The molecule has 130 valence electrons. The average molecular weight is 348 g/mol. The molecule has 0 spiro atoms. The molecule has 2 heterocycles. The lowest BCUT2D eigenvalue weighted by atomic mass is 10.2. The van der Waals surface area contributed by atoms with Crippen molar-refractivity contribution in [3.05, 3.63) is 59.9 Å². The lowest BCUT2D eigenvalue weighted by Gasteiger charge is -2.05. The van der Waals surface area contributed by atoms with Crippen molar-refractivity contribution in [2.75, 3.05) is 13.1 Å². The molecule has 2 amide bonds.